The zero-order valence-electron chi connectivity index (χ0n) is 24.0. The number of likely N-dealkylation sites (tertiary alicyclic amines) is 1. The Labute approximate surface area is 242 Å². The summed E-state index contributed by atoms with van der Waals surface area (Å²) in [6.45, 7) is 11.4. The first kappa shape index (κ1) is 27.5. The molecule has 0 saturated carbocycles. The summed E-state index contributed by atoms with van der Waals surface area (Å²) in [4.78, 5) is 31.1. The van der Waals surface area contributed by atoms with Crippen molar-refractivity contribution < 1.29 is 14.3 Å². The molecule has 0 N–H and O–H groups in total. The smallest absolute Gasteiger partial charge is 0.318 e. The van der Waals surface area contributed by atoms with Gasteiger partial charge in [0.05, 0.1) is 18.3 Å². The van der Waals surface area contributed by atoms with Gasteiger partial charge in [-0.25, -0.2) is 0 Å². The van der Waals surface area contributed by atoms with E-state index in [1.54, 1.807) is 7.11 Å². The predicted octanol–water partition coefficient (Wildman–Crippen LogP) is 3.52. The van der Waals surface area contributed by atoms with Crippen LogP contribution in [0.15, 0.2) is 55.1 Å². The third kappa shape index (κ3) is 6.01. The molecule has 2 aromatic carbocycles. The number of carbonyl (C=O) groups is 1. The summed E-state index contributed by atoms with van der Waals surface area (Å²) in [7, 11) is 1.80. The van der Waals surface area contributed by atoms with Crippen molar-refractivity contribution in [3.8, 4) is 6.01 Å². The average Bonchev–Trinajstić information content (AvgIpc) is 3.04. The Balaban J connectivity index is 1.23. The van der Waals surface area contributed by atoms with Crippen LogP contribution in [-0.4, -0.2) is 97.9 Å². The van der Waals surface area contributed by atoms with Gasteiger partial charge in [0.15, 0.2) is 0 Å². The normalized spacial score (nSPS) is 18.4. The number of anilines is 2. The standard InChI is InChI=1S/C32H40N6O3/c1-3-30(39)36-17-19-37(20-18-36)31-27-13-16-38(29-10-6-8-24-7-4-5-9-26(24)29)23-28(27)33-32(34-31)41-22-21-35-14-11-25(40-2)12-15-35/h3-10,25H,1,11-23H2,2H3. The fourth-order valence-corrected chi connectivity index (χ4v) is 6.31. The van der Waals surface area contributed by atoms with Crippen LogP contribution < -0.4 is 14.5 Å². The molecule has 41 heavy (non-hydrogen) atoms. The predicted molar refractivity (Wildman–Crippen MR) is 162 cm³/mol. The van der Waals surface area contributed by atoms with Gasteiger partial charge in [0.2, 0.25) is 5.91 Å². The summed E-state index contributed by atoms with van der Waals surface area (Å²) in [6, 6.07) is 15.5. The van der Waals surface area contributed by atoms with Gasteiger partial charge in [-0.05, 0) is 36.8 Å². The van der Waals surface area contributed by atoms with Crippen LogP contribution in [0.25, 0.3) is 10.8 Å². The molecule has 216 valence electrons. The molecule has 4 heterocycles. The van der Waals surface area contributed by atoms with Crippen molar-refractivity contribution in [3.63, 3.8) is 0 Å². The number of hydrogen-bond acceptors (Lipinski definition) is 8. The molecule has 3 aromatic rings. The van der Waals surface area contributed by atoms with Crippen molar-refractivity contribution >= 4 is 28.2 Å². The minimum absolute atomic E-state index is 0.0151. The van der Waals surface area contributed by atoms with E-state index < -0.39 is 0 Å². The van der Waals surface area contributed by atoms with Gasteiger partial charge < -0.3 is 24.2 Å². The first-order valence-electron chi connectivity index (χ1n) is 14.8. The topological polar surface area (TPSA) is 74.3 Å². The number of methoxy groups -OCH3 is 1. The number of hydrogen-bond donors (Lipinski definition) is 0. The lowest BCUT2D eigenvalue weighted by atomic mass is 10.0. The third-order valence-electron chi connectivity index (χ3n) is 8.70. The Bertz CT molecular complexity index is 1380. The van der Waals surface area contributed by atoms with Crippen molar-refractivity contribution in [3.05, 3.63) is 66.4 Å². The number of piperazine rings is 1. The Hall–Kier alpha value is -3.69. The van der Waals surface area contributed by atoms with E-state index in [2.05, 4.69) is 63.7 Å². The zero-order valence-corrected chi connectivity index (χ0v) is 24.0. The summed E-state index contributed by atoms with van der Waals surface area (Å²) >= 11 is 0. The third-order valence-corrected chi connectivity index (χ3v) is 8.70. The maximum absolute atomic E-state index is 12.2. The van der Waals surface area contributed by atoms with Crippen LogP contribution in [0, 0.1) is 0 Å². The van der Waals surface area contributed by atoms with Gasteiger partial charge in [-0.3, -0.25) is 9.69 Å². The molecule has 1 aromatic heterocycles. The number of aromatic nitrogens is 2. The SMILES string of the molecule is C=CC(=O)N1CCN(c2nc(OCCN3CCC(OC)CC3)nc3c2CCN(c2cccc4ccccc24)C3)CC1. The molecule has 0 bridgehead atoms. The van der Waals surface area contributed by atoms with Crippen LogP contribution in [0.3, 0.4) is 0 Å². The number of piperidine rings is 1. The minimum atomic E-state index is -0.0151. The molecule has 9 heteroatoms. The van der Waals surface area contributed by atoms with Gasteiger partial charge in [0, 0.05) is 76.1 Å². The molecular formula is C32H40N6O3. The number of nitrogens with zero attached hydrogens (tertiary/aromatic N) is 6. The first-order chi connectivity index (χ1) is 20.1. The number of amides is 1. The van der Waals surface area contributed by atoms with Crippen LogP contribution in [-0.2, 0) is 22.5 Å². The highest BCUT2D eigenvalue weighted by atomic mass is 16.5. The maximum Gasteiger partial charge on any atom is 0.318 e. The lowest BCUT2D eigenvalue weighted by molar-refractivity contribution is -0.126. The van der Waals surface area contributed by atoms with E-state index in [0.717, 1.165) is 70.0 Å². The maximum atomic E-state index is 12.2. The second kappa shape index (κ2) is 12.4. The molecule has 3 aliphatic rings. The van der Waals surface area contributed by atoms with Crippen molar-refractivity contribution in [1.82, 2.24) is 19.8 Å². The Morgan fingerprint density at radius 1 is 0.976 bits per heavy atom. The minimum Gasteiger partial charge on any atom is -0.462 e. The molecule has 6 rings (SSSR count). The van der Waals surface area contributed by atoms with Crippen LogP contribution in [0.1, 0.15) is 24.1 Å². The number of benzene rings is 2. The van der Waals surface area contributed by atoms with E-state index in [9.17, 15) is 4.79 Å². The molecule has 0 atom stereocenters. The van der Waals surface area contributed by atoms with E-state index in [1.165, 1.54) is 28.1 Å². The largest absolute Gasteiger partial charge is 0.462 e. The molecule has 0 unspecified atom stereocenters. The van der Waals surface area contributed by atoms with Crippen LogP contribution >= 0.6 is 0 Å². The molecule has 9 nitrogen and oxygen atoms in total. The first-order valence-corrected chi connectivity index (χ1v) is 14.8. The molecule has 0 aliphatic carbocycles. The molecular weight excluding hydrogens is 516 g/mol. The van der Waals surface area contributed by atoms with Crippen molar-refractivity contribution in [2.75, 3.05) is 75.9 Å². The fraction of sp³-hybridized carbons (Fsp3) is 0.469. The van der Waals surface area contributed by atoms with Gasteiger partial charge in [-0.15, -0.1) is 0 Å². The van der Waals surface area contributed by atoms with E-state index in [4.69, 9.17) is 19.4 Å². The number of rotatable bonds is 8. The number of carbonyl (C=O) groups excluding carboxylic acids is 1. The quantitative estimate of drug-likeness (QED) is 0.391. The number of ether oxygens (including phenoxy) is 2. The van der Waals surface area contributed by atoms with Crippen LogP contribution in [0.5, 0.6) is 6.01 Å². The van der Waals surface area contributed by atoms with Crippen LogP contribution in [0.4, 0.5) is 11.5 Å². The Morgan fingerprint density at radius 2 is 1.76 bits per heavy atom. The molecule has 3 aliphatic heterocycles. The second-order valence-electron chi connectivity index (χ2n) is 11.1. The Morgan fingerprint density at radius 3 is 2.54 bits per heavy atom. The highest BCUT2D eigenvalue weighted by Gasteiger charge is 2.29. The molecule has 1 amide bonds. The van der Waals surface area contributed by atoms with E-state index in [-0.39, 0.29) is 5.91 Å². The lowest BCUT2D eigenvalue weighted by Gasteiger charge is -2.38. The molecule has 0 spiro atoms. The average molecular weight is 557 g/mol. The van der Waals surface area contributed by atoms with E-state index >= 15 is 0 Å². The Kier molecular flexibility index (Phi) is 8.34. The molecule has 0 radical (unpaired) electrons. The lowest BCUT2D eigenvalue weighted by Crippen LogP contribution is -2.49. The molecule has 2 saturated heterocycles. The van der Waals surface area contributed by atoms with Crippen molar-refractivity contribution in [2.45, 2.75) is 31.9 Å². The van der Waals surface area contributed by atoms with Gasteiger partial charge >= 0.3 is 6.01 Å². The van der Waals surface area contributed by atoms with Crippen molar-refractivity contribution in [2.24, 2.45) is 0 Å². The fourth-order valence-electron chi connectivity index (χ4n) is 6.31. The monoisotopic (exact) mass is 556 g/mol. The summed E-state index contributed by atoms with van der Waals surface area (Å²) in [6.07, 6.45) is 4.73. The van der Waals surface area contributed by atoms with E-state index in [1.807, 2.05) is 4.90 Å². The van der Waals surface area contributed by atoms with Gasteiger partial charge in [-0.1, -0.05) is 43.0 Å². The highest BCUT2D eigenvalue weighted by Crippen LogP contribution is 2.34. The summed E-state index contributed by atoms with van der Waals surface area (Å²) in [5, 5.41) is 2.49. The summed E-state index contributed by atoms with van der Waals surface area (Å²) in [5.74, 6) is 0.938. The zero-order chi connectivity index (χ0) is 28.2. The summed E-state index contributed by atoms with van der Waals surface area (Å²) in [5.41, 5.74) is 3.45. The number of fused-ring (bicyclic) bond motifs is 2. The van der Waals surface area contributed by atoms with Gasteiger partial charge in [0.25, 0.3) is 0 Å². The van der Waals surface area contributed by atoms with Gasteiger partial charge in [0.1, 0.15) is 12.4 Å². The second-order valence-corrected chi connectivity index (χ2v) is 11.1. The molecule has 2 fully saturated rings. The summed E-state index contributed by atoms with van der Waals surface area (Å²) < 4.78 is 11.7. The van der Waals surface area contributed by atoms with E-state index in [0.29, 0.717) is 38.4 Å². The van der Waals surface area contributed by atoms with Crippen molar-refractivity contribution in [1.29, 1.82) is 0 Å². The highest BCUT2D eigenvalue weighted by molar-refractivity contribution is 5.94. The van der Waals surface area contributed by atoms with Gasteiger partial charge in [-0.2, -0.15) is 9.97 Å². The van der Waals surface area contributed by atoms with Crippen LogP contribution in [0.2, 0.25) is 0 Å².